The number of hydrogen-bond acceptors (Lipinski definition) is 2. The normalized spacial score (nSPS) is 15.8. The van der Waals surface area contributed by atoms with Crippen LogP contribution in [0.2, 0.25) is 0 Å². The van der Waals surface area contributed by atoms with Crippen molar-refractivity contribution in [1.29, 1.82) is 0 Å². The zero-order chi connectivity index (χ0) is 9.54. The Kier molecular flexibility index (Phi) is 1.82. The fraction of sp³-hybridized carbons (Fsp3) is 0.273. The Hall–Kier alpha value is -0.930. The second-order valence-electron chi connectivity index (χ2n) is 3.55. The molecule has 0 saturated heterocycles. The van der Waals surface area contributed by atoms with E-state index in [1.807, 2.05) is 6.07 Å². The highest BCUT2D eigenvalue weighted by Gasteiger charge is 2.16. The fourth-order valence-electron chi connectivity index (χ4n) is 2.02. The SMILES string of the molecule is Fc1cccc2c3c(sc12)CNCC3. The van der Waals surface area contributed by atoms with Gasteiger partial charge in [-0.05, 0) is 30.0 Å². The van der Waals surface area contributed by atoms with Crippen LogP contribution in [0.4, 0.5) is 4.39 Å². The molecule has 0 bridgehead atoms. The van der Waals surface area contributed by atoms with Crippen LogP contribution in [-0.4, -0.2) is 6.54 Å². The minimum atomic E-state index is -0.0816. The molecule has 1 aromatic heterocycles. The Labute approximate surface area is 85.6 Å². The van der Waals surface area contributed by atoms with Crippen molar-refractivity contribution in [2.24, 2.45) is 0 Å². The molecular formula is C11H10FNS. The van der Waals surface area contributed by atoms with Crippen molar-refractivity contribution >= 4 is 21.4 Å². The van der Waals surface area contributed by atoms with E-state index >= 15 is 0 Å². The molecule has 1 aliphatic heterocycles. The molecule has 3 rings (SSSR count). The number of halogens is 1. The Morgan fingerprint density at radius 2 is 2.29 bits per heavy atom. The number of thiophene rings is 1. The maximum absolute atomic E-state index is 13.5. The highest BCUT2D eigenvalue weighted by molar-refractivity contribution is 7.19. The van der Waals surface area contributed by atoms with Gasteiger partial charge in [-0.25, -0.2) is 4.39 Å². The van der Waals surface area contributed by atoms with Crippen molar-refractivity contribution in [2.45, 2.75) is 13.0 Å². The second kappa shape index (κ2) is 3.04. The van der Waals surface area contributed by atoms with Gasteiger partial charge in [-0.15, -0.1) is 11.3 Å². The second-order valence-corrected chi connectivity index (χ2v) is 4.65. The number of fused-ring (bicyclic) bond motifs is 3. The van der Waals surface area contributed by atoms with Crippen LogP contribution < -0.4 is 5.32 Å². The smallest absolute Gasteiger partial charge is 0.141 e. The number of nitrogens with one attached hydrogen (secondary N) is 1. The van der Waals surface area contributed by atoms with E-state index in [9.17, 15) is 4.39 Å². The molecule has 0 spiro atoms. The molecule has 2 aromatic rings. The van der Waals surface area contributed by atoms with Crippen LogP contribution in [-0.2, 0) is 13.0 Å². The minimum absolute atomic E-state index is 0.0816. The van der Waals surface area contributed by atoms with E-state index in [-0.39, 0.29) is 5.82 Å². The maximum Gasteiger partial charge on any atom is 0.141 e. The third kappa shape index (κ3) is 1.09. The summed E-state index contributed by atoms with van der Waals surface area (Å²) < 4.78 is 14.3. The van der Waals surface area contributed by atoms with E-state index in [0.29, 0.717) is 0 Å². The predicted molar refractivity (Wildman–Crippen MR) is 57.2 cm³/mol. The van der Waals surface area contributed by atoms with Crippen molar-refractivity contribution in [3.8, 4) is 0 Å². The largest absolute Gasteiger partial charge is 0.312 e. The third-order valence-electron chi connectivity index (χ3n) is 2.69. The lowest BCUT2D eigenvalue weighted by Gasteiger charge is -2.11. The Morgan fingerprint density at radius 1 is 1.36 bits per heavy atom. The standard InChI is InChI=1S/C11H10FNS/c12-9-3-1-2-8-7-4-5-13-6-10(7)14-11(8)9/h1-3,13H,4-6H2. The first-order valence-corrected chi connectivity index (χ1v) is 5.57. The minimum Gasteiger partial charge on any atom is -0.312 e. The van der Waals surface area contributed by atoms with Crippen LogP contribution in [0.15, 0.2) is 18.2 Å². The zero-order valence-electron chi connectivity index (χ0n) is 7.64. The summed E-state index contributed by atoms with van der Waals surface area (Å²) in [6.07, 6.45) is 1.03. The summed E-state index contributed by atoms with van der Waals surface area (Å²) in [5, 5.41) is 4.43. The molecule has 1 nitrogen and oxygen atoms in total. The predicted octanol–water partition coefficient (Wildman–Crippen LogP) is 2.69. The molecule has 0 aliphatic carbocycles. The topological polar surface area (TPSA) is 12.0 Å². The van der Waals surface area contributed by atoms with E-state index < -0.39 is 0 Å². The van der Waals surface area contributed by atoms with Crippen LogP contribution >= 0.6 is 11.3 Å². The molecule has 0 amide bonds. The van der Waals surface area contributed by atoms with Crippen LogP contribution in [0.1, 0.15) is 10.4 Å². The quantitative estimate of drug-likeness (QED) is 0.700. The molecule has 0 unspecified atom stereocenters. The summed E-state index contributed by atoms with van der Waals surface area (Å²) in [6.45, 7) is 1.91. The molecule has 0 radical (unpaired) electrons. The molecule has 14 heavy (non-hydrogen) atoms. The van der Waals surface area contributed by atoms with E-state index in [0.717, 1.165) is 29.6 Å². The summed E-state index contributed by atoms with van der Waals surface area (Å²) >= 11 is 1.59. The van der Waals surface area contributed by atoms with Gasteiger partial charge in [0.05, 0.1) is 4.70 Å². The lowest BCUT2D eigenvalue weighted by molar-refractivity contribution is 0.641. The molecule has 1 N–H and O–H groups in total. The van der Waals surface area contributed by atoms with Gasteiger partial charge < -0.3 is 5.32 Å². The molecule has 0 fully saturated rings. The van der Waals surface area contributed by atoms with E-state index in [1.165, 1.54) is 16.5 Å². The van der Waals surface area contributed by atoms with Gasteiger partial charge in [0, 0.05) is 11.4 Å². The molecule has 1 aromatic carbocycles. The fourth-order valence-corrected chi connectivity index (χ4v) is 3.24. The molecular weight excluding hydrogens is 197 g/mol. The Morgan fingerprint density at radius 3 is 3.21 bits per heavy atom. The monoisotopic (exact) mass is 207 g/mol. The van der Waals surface area contributed by atoms with Gasteiger partial charge in [0.15, 0.2) is 0 Å². The first-order valence-electron chi connectivity index (χ1n) is 4.76. The van der Waals surface area contributed by atoms with Gasteiger partial charge >= 0.3 is 0 Å². The summed E-state index contributed by atoms with van der Waals surface area (Å²) in [6, 6.07) is 5.36. The van der Waals surface area contributed by atoms with Gasteiger partial charge in [0.1, 0.15) is 5.82 Å². The maximum atomic E-state index is 13.5. The van der Waals surface area contributed by atoms with Crippen molar-refractivity contribution in [3.63, 3.8) is 0 Å². The highest BCUT2D eigenvalue weighted by atomic mass is 32.1. The van der Waals surface area contributed by atoms with Crippen LogP contribution in [0.25, 0.3) is 10.1 Å². The summed E-state index contributed by atoms with van der Waals surface area (Å²) in [5.74, 6) is -0.0816. The number of rotatable bonds is 0. The zero-order valence-corrected chi connectivity index (χ0v) is 8.46. The van der Waals surface area contributed by atoms with Gasteiger partial charge in [-0.3, -0.25) is 0 Å². The van der Waals surface area contributed by atoms with E-state index in [4.69, 9.17) is 0 Å². The van der Waals surface area contributed by atoms with Crippen molar-refractivity contribution in [2.75, 3.05) is 6.54 Å². The lowest BCUT2D eigenvalue weighted by atomic mass is 10.1. The molecule has 72 valence electrons. The van der Waals surface area contributed by atoms with Crippen molar-refractivity contribution in [1.82, 2.24) is 5.32 Å². The molecule has 2 heterocycles. The summed E-state index contributed by atoms with van der Waals surface area (Å²) in [5.41, 5.74) is 1.35. The Balaban J connectivity index is 2.36. The van der Waals surface area contributed by atoms with Crippen molar-refractivity contribution in [3.05, 3.63) is 34.5 Å². The average molecular weight is 207 g/mol. The lowest BCUT2D eigenvalue weighted by Crippen LogP contribution is -2.21. The van der Waals surface area contributed by atoms with Crippen LogP contribution in [0, 0.1) is 5.82 Å². The number of benzene rings is 1. The van der Waals surface area contributed by atoms with E-state index in [2.05, 4.69) is 5.32 Å². The summed E-state index contributed by atoms with van der Waals surface area (Å²) in [7, 11) is 0. The average Bonchev–Trinajstić information content (AvgIpc) is 2.59. The van der Waals surface area contributed by atoms with E-state index in [1.54, 1.807) is 17.4 Å². The third-order valence-corrected chi connectivity index (χ3v) is 3.95. The highest BCUT2D eigenvalue weighted by Crippen LogP contribution is 2.34. The molecule has 3 heteroatoms. The van der Waals surface area contributed by atoms with Gasteiger partial charge in [-0.2, -0.15) is 0 Å². The Bertz CT molecular complexity index is 489. The molecule has 0 saturated carbocycles. The number of hydrogen-bond donors (Lipinski definition) is 1. The van der Waals surface area contributed by atoms with Gasteiger partial charge in [-0.1, -0.05) is 12.1 Å². The first kappa shape index (κ1) is 8.38. The first-order chi connectivity index (χ1) is 6.86. The molecule has 0 atom stereocenters. The van der Waals surface area contributed by atoms with Crippen LogP contribution in [0.3, 0.4) is 0 Å². The van der Waals surface area contributed by atoms with Crippen molar-refractivity contribution < 1.29 is 4.39 Å². The van der Waals surface area contributed by atoms with Crippen LogP contribution in [0.5, 0.6) is 0 Å². The van der Waals surface area contributed by atoms with Gasteiger partial charge in [0.2, 0.25) is 0 Å². The summed E-state index contributed by atoms with van der Waals surface area (Å²) in [4.78, 5) is 1.30. The molecule has 1 aliphatic rings. The van der Waals surface area contributed by atoms with Gasteiger partial charge in [0.25, 0.3) is 0 Å².